The van der Waals surface area contributed by atoms with Crippen LogP contribution in [0.3, 0.4) is 0 Å². The van der Waals surface area contributed by atoms with Gasteiger partial charge in [-0.2, -0.15) is 0 Å². The lowest BCUT2D eigenvalue weighted by atomic mass is 10.2. The third kappa shape index (κ3) is 3.50. The number of carboxylic acids is 1. The molecular formula is C15H19Cl2N2O2+. The maximum absolute atomic E-state index is 10.5. The van der Waals surface area contributed by atoms with Crippen LogP contribution in [0.1, 0.15) is 31.5 Å². The number of halogens is 2. The van der Waals surface area contributed by atoms with Crippen molar-refractivity contribution in [3.8, 4) is 0 Å². The number of imidazole rings is 1. The number of aryl methyl sites for hydroxylation is 2. The summed E-state index contributed by atoms with van der Waals surface area (Å²) in [5.41, 5.74) is 2.11. The number of unbranched alkanes of at least 4 members (excludes halogenated alkanes) is 2. The number of benzene rings is 1. The highest BCUT2D eigenvalue weighted by atomic mass is 35.5. The molecule has 1 heterocycles. The largest absolute Gasteiger partial charge is 0.481 e. The zero-order valence-electron chi connectivity index (χ0n) is 12.2. The minimum Gasteiger partial charge on any atom is -0.481 e. The van der Waals surface area contributed by atoms with Crippen molar-refractivity contribution < 1.29 is 14.5 Å². The lowest BCUT2D eigenvalue weighted by Gasteiger charge is -2.01. The van der Waals surface area contributed by atoms with Crippen LogP contribution in [0, 0.1) is 6.92 Å². The third-order valence-electron chi connectivity index (χ3n) is 3.82. The monoisotopic (exact) mass is 329 g/mol. The molecule has 0 saturated carbocycles. The van der Waals surface area contributed by atoms with E-state index in [4.69, 9.17) is 28.3 Å². The van der Waals surface area contributed by atoms with Crippen molar-refractivity contribution in [3.63, 3.8) is 0 Å². The number of hydrogen-bond donors (Lipinski definition) is 1. The van der Waals surface area contributed by atoms with Crippen LogP contribution in [0.25, 0.3) is 11.0 Å². The Labute approximate surface area is 133 Å². The highest BCUT2D eigenvalue weighted by molar-refractivity contribution is 6.42. The smallest absolute Gasteiger partial charge is 0.303 e. The van der Waals surface area contributed by atoms with Crippen LogP contribution in [0.15, 0.2) is 12.1 Å². The molecule has 0 unspecified atom stereocenters. The fourth-order valence-electron chi connectivity index (χ4n) is 2.55. The number of carbonyl (C=O) groups is 1. The number of aromatic nitrogens is 2. The normalized spacial score (nSPS) is 11.2. The molecule has 0 aliphatic rings. The summed E-state index contributed by atoms with van der Waals surface area (Å²) in [5.74, 6) is 0.395. The predicted molar refractivity (Wildman–Crippen MR) is 84.0 cm³/mol. The quantitative estimate of drug-likeness (QED) is 0.648. The first kappa shape index (κ1) is 16.1. The molecule has 2 aromatic rings. The molecular weight excluding hydrogens is 311 g/mol. The minimum atomic E-state index is -0.731. The van der Waals surface area contributed by atoms with Crippen LogP contribution in [0.2, 0.25) is 10.0 Å². The fraction of sp³-hybridized carbons (Fsp3) is 0.467. The van der Waals surface area contributed by atoms with Crippen LogP contribution in [-0.4, -0.2) is 15.6 Å². The fourth-order valence-corrected chi connectivity index (χ4v) is 2.86. The Balaban J connectivity index is 2.17. The van der Waals surface area contributed by atoms with Gasteiger partial charge in [-0.15, -0.1) is 0 Å². The van der Waals surface area contributed by atoms with Gasteiger partial charge in [-0.3, -0.25) is 4.79 Å². The molecule has 2 rings (SSSR count). The van der Waals surface area contributed by atoms with E-state index in [0.717, 1.165) is 36.2 Å². The highest BCUT2D eigenvalue weighted by Crippen LogP contribution is 2.27. The van der Waals surface area contributed by atoms with Crippen molar-refractivity contribution in [2.24, 2.45) is 7.05 Å². The van der Waals surface area contributed by atoms with Gasteiger partial charge >= 0.3 is 5.97 Å². The summed E-state index contributed by atoms with van der Waals surface area (Å²) in [6.07, 6.45) is 2.79. The van der Waals surface area contributed by atoms with Gasteiger partial charge in [-0.25, -0.2) is 9.13 Å². The van der Waals surface area contributed by atoms with E-state index in [1.54, 1.807) is 0 Å². The van der Waals surface area contributed by atoms with E-state index in [-0.39, 0.29) is 6.42 Å². The Morgan fingerprint density at radius 2 is 1.90 bits per heavy atom. The van der Waals surface area contributed by atoms with Crippen LogP contribution in [0.5, 0.6) is 0 Å². The van der Waals surface area contributed by atoms with E-state index in [9.17, 15) is 4.79 Å². The molecule has 0 spiro atoms. The summed E-state index contributed by atoms with van der Waals surface area (Å²) < 4.78 is 4.30. The second-order valence-electron chi connectivity index (χ2n) is 5.22. The number of rotatable bonds is 6. The maximum Gasteiger partial charge on any atom is 0.303 e. The molecule has 1 aromatic heterocycles. The molecule has 0 aliphatic heterocycles. The number of carboxylic acid groups (broad SMARTS) is 1. The van der Waals surface area contributed by atoms with Crippen molar-refractivity contribution in [1.82, 2.24) is 4.57 Å². The van der Waals surface area contributed by atoms with Crippen molar-refractivity contribution in [2.75, 3.05) is 0 Å². The van der Waals surface area contributed by atoms with E-state index in [1.807, 2.05) is 19.2 Å². The number of aliphatic carboxylic acids is 1. The first-order valence-electron chi connectivity index (χ1n) is 6.97. The summed E-state index contributed by atoms with van der Waals surface area (Å²) in [5, 5.41) is 9.74. The molecule has 0 saturated heterocycles. The van der Waals surface area contributed by atoms with Crippen molar-refractivity contribution in [3.05, 3.63) is 28.0 Å². The van der Waals surface area contributed by atoms with Gasteiger partial charge < -0.3 is 5.11 Å². The van der Waals surface area contributed by atoms with Crippen molar-refractivity contribution in [2.45, 2.75) is 39.2 Å². The molecule has 114 valence electrons. The van der Waals surface area contributed by atoms with Gasteiger partial charge in [0.05, 0.1) is 23.6 Å². The van der Waals surface area contributed by atoms with Crippen molar-refractivity contribution >= 4 is 40.2 Å². The number of fused-ring (bicyclic) bond motifs is 1. The van der Waals surface area contributed by atoms with E-state index < -0.39 is 5.97 Å². The maximum atomic E-state index is 10.5. The minimum absolute atomic E-state index is 0.237. The second kappa shape index (κ2) is 6.67. The van der Waals surface area contributed by atoms with E-state index in [2.05, 4.69) is 16.1 Å². The lowest BCUT2D eigenvalue weighted by molar-refractivity contribution is -0.652. The Hall–Kier alpha value is -1.26. The Bertz CT molecular complexity index is 680. The standard InChI is InChI=1S/C15H18Cl2N2O2/c1-10-18(2)13-8-11(16)12(17)9-14(13)19(10)7-5-3-4-6-15(20)21/h8-9H,3-7H2,1-2H3/p+1. The first-order valence-corrected chi connectivity index (χ1v) is 7.73. The Morgan fingerprint density at radius 3 is 2.57 bits per heavy atom. The molecule has 6 heteroatoms. The van der Waals surface area contributed by atoms with Gasteiger partial charge in [0.15, 0.2) is 11.0 Å². The predicted octanol–water partition coefficient (Wildman–Crippen LogP) is 3.73. The molecule has 1 aromatic carbocycles. The molecule has 0 fully saturated rings. The lowest BCUT2D eigenvalue weighted by Crippen LogP contribution is -2.30. The van der Waals surface area contributed by atoms with E-state index in [0.29, 0.717) is 16.5 Å². The van der Waals surface area contributed by atoms with E-state index in [1.165, 1.54) is 0 Å². The zero-order valence-corrected chi connectivity index (χ0v) is 13.7. The molecule has 0 atom stereocenters. The summed E-state index contributed by atoms with van der Waals surface area (Å²) in [6, 6.07) is 3.77. The Kier molecular flexibility index (Phi) is 5.12. The molecule has 0 bridgehead atoms. The molecule has 1 N–H and O–H groups in total. The third-order valence-corrected chi connectivity index (χ3v) is 4.54. The topological polar surface area (TPSA) is 46.1 Å². The average molecular weight is 330 g/mol. The molecule has 21 heavy (non-hydrogen) atoms. The highest BCUT2D eigenvalue weighted by Gasteiger charge is 2.20. The molecule has 0 radical (unpaired) electrons. The van der Waals surface area contributed by atoms with Crippen molar-refractivity contribution in [1.29, 1.82) is 0 Å². The molecule has 0 aliphatic carbocycles. The average Bonchev–Trinajstić information content (AvgIpc) is 2.64. The molecule has 0 amide bonds. The zero-order chi connectivity index (χ0) is 15.6. The Morgan fingerprint density at radius 1 is 1.24 bits per heavy atom. The van der Waals surface area contributed by atoms with Gasteiger partial charge in [-0.05, 0) is 19.3 Å². The molecule has 4 nitrogen and oxygen atoms in total. The summed E-state index contributed by atoms with van der Waals surface area (Å²) in [7, 11) is 2.00. The SMILES string of the molecule is Cc1n(CCCCCC(=O)O)c2cc(Cl)c(Cl)cc2[n+]1C. The summed E-state index contributed by atoms with van der Waals surface area (Å²) >= 11 is 12.2. The first-order chi connectivity index (χ1) is 9.91. The van der Waals surface area contributed by atoms with Gasteiger partial charge in [0, 0.05) is 25.5 Å². The summed E-state index contributed by atoms with van der Waals surface area (Å²) in [6.45, 7) is 2.90. The van der Waals surface area contributed by atoms with Crippen LogP contribution in [-0.2, 0) is 18.4 Å². The van der Waals surface area contributed by atoms with Gasteiger partial charge in [0.25, 0.3) is 5.82 Å². The second-order valence-corrected chi connectivity index (χ2v) is 6.03. The van der Waals surface area contributed by atoms with Gasteiger partial charge in [0.2, 0.25) is 0 Å². The van der Waals surface area contributed by atoms with Crippen LogP contribution in [0.4, 0.5) is 0 Å². The number of nitrogens with zero attached hydrogens (tertiary/aromatic N) is 2. The van der Waals surface area contributed by atoms with E-state index >= 15 is 0 Å². The summed E-state index contributed by atoms with van der Waals surface area (Å²) in [4.78, 5) is 10.5. The van der Waals surface area contributed by atoms with Crippen LogP contribution >= 0.6 is 23.2 Å². The van der Waals surface area contributed by atoms with Gasteiger partial charge in [-0.1, -0.05) is 23.2 Å². The van der Waals surface area contributed by atoms with Crippen LogP contribution < -0.4 is 4.57 Å². The van der Waals surface area contributed by atoms with Gasteiger partial charge in [0.1, 0.15) is 0 Å². The number of hydrogen-bond acceptors (Lipinski definition) is 1.